The molecule has 1 heterocycles. The molecule has 0 saturated heterocycles. The maximum atomic E-state index is 12.7. The van der Waals surface area contributed by atoms with Gasteiger partial charge in [-0.2, -0.15) is 5.10 Å². The normalized spacial score (nSPS) is 10.6. The van der Waals surface area contributed by atoms with E-state index in [2.05, 4.69) is 15.8 Å². The first-order valence-electron chi connectivity index (χ1n) is 5.59. The van der Waals surface area contributed by atoms with Gasteiger partial charge in [-0.25, -0.2) is 4.39 Å². The molecule has 2 rings (SSSR count). The molecule has 0 unspecified atom stereocenters. The summed E-state index contributed by atoms with van der Waals surface area (Å²) in [6, 6.07) is 9.74. The number of hydrazone groups is 1. The van der Waals surface area contributed by atoms with Crippen molar-refractivity contribution < 1.29 is 8.81 Å². The number of hydrogen-bond donors (Lipinski definition) is 2. The van der Waals surface area contributed by atoms with Gasteiger partial charge in [0, 0.05) is 6.54 Å². The van der Waals surface area contributed by atoms with E-state index < -0.39 is 0 Å². The summed E-state index contributed by atoms with van der Waals surface area (Å²) in [7, 11) is 0. The standard InChI is InChI=1S/C13H12FN3OS/c14-11-5-3-10(4-6-11)8-15-13(19)17-16-9-12-2-1-7-18-12/h1-7,9H,8H2,(H2,15,17,19)/b16-9-. The fraction of sp³-hybridized carbons (Fsp3) is 0.0769. The van der Waals surface area contributed by atoms with Gasteiger partial charge in [0.05, 0.1) is 12.5 Å². The highest BCUT2D eigenvalue weighted by Gasteiger charge is 1.96. The van der Waals surface area contributed by atoms with Crippen molar-refractivity contribution in [3.63, 3.8) is 0 Å². The van der Waals surface area contributed by atoms with Crippen LogP contribution in [0.1, 0.15) is 11.3 Å². The minimum absolute atomic E-state index is 0.257. The van der Waals surface area contributed by atoms with Crippen molar-refractivity contribution >= 4 is 23.5 Å². The summed E-state index contributed by atoms with van der Waals surface area (Å²) in [6.45, 7) is 0.502. The third-order valence-electron chi connectivity index (χ3n) is 2.27. The van der Waals surface area contributed by atoms with Crippen LogP contribution < -0.4 is 10.7 Å². The largest absolute Gasteiger partial charge is 0.463 e. The van der Waals surface area contributed by atoms with Gasteiger partial charge in [0.1, 0.15) is 11.6 Å². The molecular formula is C13H12FN3OS. The summed E-state index contributed by atoms with van der Waals surface area (Å²) in [5, 5.41) is 7.24. The Kier molecular flexibility index (Phi) is 4.63. The van der Waals surface area contributed by atoms with Gasteiger partial charge in [-0.15, -0.1) is 0 Å². The van der Waals surface area contributed by atoms with Crippen LogP contribution in [0.4, 0.5) is 4.39 Å². The van der Waals surface area contributed by atoms with Crippen molar-refractivity contribution in [3.05, 3.63) is 59.8 Å². The number of furan rings is 1. The third-order valence-corrected chi connectivity index (χ3v) is 2.50. The molecule has 0 aliphatic carbocycles. The van der Waals surface area contributed by atoms with E-state index in [9.17, 15) is 4.39 Å². The van der Waals surface area contributed by atoms with Crippen LogP contribution in [0.3, 0.4) is 0 Å². The molecule has 0 radical (unpaired) electrons. The van der Waals surface area contributed by atoms with Crippen LogP contribution >= 0.6 is 12.2 Å². The maximum Gasteiger partial charge on any atom is 0.187 e. The second kappa shape index (κ2) is 6.65. The number of nitrogens with zero attached hydrogens (tertiary/aromatic N) is 1. The Balaban J connectivity index is 1.74. The quantitative estimate of drug-likeness (QED) is 0.512. The molecule has 19 heavy (non-hydrogen) atoms. The Bertz CT molecular complexity index is 552. The Morgan fingerprint density at radius 1 is 1.32 bits per heavy atom. The first kappa shape index (κ1) is 13.2. The molecule has 2 aromatic rings. The highest BCUT2D eigenvalue weighted by Crippen LogP contribution is 2.01. The minimum Gasteiger partial charge on any atom is -0.463 e. The van der Waals surface area contributed by atoms with Crippen molar-refractivity contribution in [1.82, 2.24) is 10.7 Å². The number of halogens is 1. The third kappa shape index (κ3) is 4.51. The average molecular weight is 277 g/mol. The van der Waals surface area contributed by atoms with E-state index in [1.54, 1.807) is 30.5 Å². The molecule has 0 bridgehead atoms. The lowest BCUT2D eigenvalue weighted by Crippen LogP contribution is -2.31. The SMILES string of the molecule is Fc1ccc(CNC(=S)N/N=C\c2ccco2)cc1. The van der Waals surface area contributed by atoms with E-state index in [0.29, 0.717) is 17.4 Å². The molecule has 1 aromatic carbocycles. The Labute approximate surface area is 115 Å². The lowest BCUT2D eigenvalue weighted by Gasteiger charge is -2.06. The maximum absolute atomic E-state index is 12.7. The molecule has 0 spiro atoms. The molecule has 0 amide bonds. The van der Waals surface area contributed by atoms with E-state index in [1.165, 1.54) is 18.3 Å². The highest BCUT2D eigenvalue weighted by atomic mass is 32.1. The summed E-state index contributed by atoms with van der Waals surface area (Å²) < 4.78 is 17.8. The van der Waals surface area contributed by atoms with Crippen LogP contribution in [0, 0.1) is 5.82 Å². The predicted molar refractivity (Wildman–Crippen MR) is 75.3 cm³/mol. The topological polar surface area (TPSA) is 49.6 Å². The van der Waals surface area contributed by atoms with Gasteiger partial charge in [-0.3, -0.25) is 5.43 Å². The summed E-state index contributed by atoms with van der Waals surface area (Å²) in [6.07, 6.45) is 3.08. The number of nitrogens with one attached hydrogen (secondary N) is 2. The van der Waals surface area contributed by atoms with Gasteiger partial charge in [0.2, 0.25) is 0 Å². The Morgan fingerprint density at radius 2 is 2.11 bits per heavy atom. The Morgan fingerprint density at radius 3 is 2.79 bits per heavy atom. The van der Waals surface area contributed by atoms with E-state index in [0.717, 1.165) is 5.56 Å². The molecule has 0 aliphatic heterocycles. The van der Waals surface area contributed by atoms with Crippen molar-refractivity contribution in [3.8, 4) is 0 Å². The summed E-state index contributed by atoms with van der Waals surface area (Å²) in [4.78, 5) is 0. The molecule has 1 aromatic heterocycles. The minimum atomic E-state index is -0.257. The lowest BCUT2D eigenvalue weighted by atomic mass is 10.2. The Hall–Kier alpha value is -2.21. The monoisotopic (exact) mass is 277 g/mol. The summed E-state index contributed by atoms with van der Waals surface area (Å²) >= 11 is 5.03. The van der Waals surface area contributed by atoms with Crippen molar-refractivity contribution in [2.45, 2.75) is 6.54 Å². The fourth-order valence-corrected chi connectivity index (χ4v) is 1.47. The average Bonchev–Trinajstić information content (AvgIpc) is 2.91. The van der Waals surface area contributed by atoms with Gasteiger partial charge in [0.25, 0.3) is 0 Å². The van der Waals surface area contributed by atoms with Crippen LogP contribution in [0.25, 0.3) is 0 Å². The van der Waals surface area contributed by atoms with Crippen molar-refractivity contribution in [2.75, 3.05) is 0 Å². The highest BCUT2D eigenvalue weighted by molar-refractivity contribution is 7.80. The molecule has 0 aliphatic rings. The van der Waals surface area contributed by atoms with Gasteiger partial charge < -0.3 is 9.73 Å². The molecule has 0 saturated carbocycles. The number of benzene rings is 1. The molecule has 4 nitrogen and oxygen atoms in total. The zero-order valence-corrected chi connectivity index (χ0v) is 10.8. The van der Waals surface area contributed by atoms with Crippen molar-refractivity contribution in [2.24, 2.45) is 5.10 Å². The van der Waals surface area contributed by atoms with Crippen molar-refractivity contribution in [1.29, 1.82) is 0 Å². The second-order valence-corrected chi connectivity index (χ2v) is 4.10. The predicted octanol–water partition coefficient (Wildman–Crippen LogP) is 2.42. The first-order chi connectivity index (χ1) is 9.24. The smallest absolute Gasteiger partial charge is 0.187 e. The van der Waals surface area contributed by atoms with Gasteiger partial charge in [0.15, 0.2) is 5.11 Å². The zero-order valence-electron chi connectivity index (χ0n) is 9.97. The summed E-state index contributed by atoms with van der Waals surface area (Å²) in [5.41, 5.74) is 3.59. The second-order valence-electron chi connectivity index (χ2n) is 3.69. The zero-order chi connectivity index (χ0) is 13.5. The van der Waals surface area contributed by atoms with E-state index in [1.807, 2.05) is 0 Å². The first-order valence-corrected chi connectivity index (χ1v) is 6.00. The molecular weight excluding hydrogens is 265 g/mol. The van der Waals surface area contributed by atoms with E-state index in [4.69, 9.17) is 16.6 Å². The van der Waals surface area contributed by atoms with Crippen LogP contribution in [0.5, 0.6) is 0 Å². The van der Waals surface area contributed by atoms with Gasteiger partial charge in [-0.1, -0.05) is 12.1 Å². The number of rotatable bonds is 4. The molecule has 2 N–H and O–H groups in total. The molecule has 98 valence electrons. The fourth-order valence-electron chi connectivity index (χ4n) is 1.34. The number of hydrogen-bond acceptors (Lipinski definition) is 3. The van der Waals surface area contributed by atoms with E-state index in [-0.39, 0.29) is 5.82 Å². The molecule has 6 heteroatoms. The molecule has 0 fully saturated rings. The van der Waals surface area contributed by atoms with Crippen LogP contribution in [0.2, 0.25) is 0 Å². The van der Waals surface area contributed by atoms with Crippen LogP contribution in [-0.2, 0) is 6.54 Å². The molecule has 0 atom stereocenters. The summed E-state index contributed by atoms with van der Waals surface area (Å²) in [5.74, 6) is 0.376. The van der Waals surface area contributed by atoms with Gasteiger partial charge in [-0.05, 0) is 42.0 Å². The van der Waals surface area contributed by atoms with E-state index >= 15 is 0 Å². The number of thiocarbonyl (C=S) groups is 1. The van der Waals surface area contributed by atoms with Crippen LogP contribution in [0.15, 0.2) is 52.2 Å². The van der Waals surface area contributed by atoms with Crippen LogP contribution in [-0.4, -0.2) is 11.3 Å². The lowest BCUT2D eigenvalue weighted by molar-refractivity contribution is 0.560. The van der Waals surface area contributed by atoms with Gasteiger partial charge >= 0.3 is 0 Å².